The van der Waals surface area contributed by atoms with Crippen LogP contribution >= 0.6 is 0 Å². The van der Waals surface area contributed by atoms with E-state index >= 15 is 0 Å². The Morgan fingerprint density at radius 2 is 1.80 bits per heavy atom. The molecule has 3 N–H and O–H groups in total. The lowest BCUT2D eigenvalue weighted by molar-refractivity contribution is 0.319. The Balaban J connectivity index is 1.81. The predicted octanol–water partition coefficient (Wildman–Crippen LogP) is 4.35. The van der Waals surface area contributed by atoms with Gasteiger partial charge in [0, 0.05) is 17.2 Å². The van der Waals surface area contributed by atoms with Gasteiger partial charge in [0.15, 0.2) is 0 Å². The SMILES string of the molecule is Nc1nc2ccc(C(=NO)c3ccccc3)cc2n1C1CCCCC1. The highest BCUT2D eigenvalue weighted by Crippen LogP contribution is 2.33. The molecule has 0 aliphatic heterocycles. The summed E-state index contributed by atoms with van der Waals surface area (Å²) in [5, 5.41) is 13.1. The minimum atomic E-state index is 0.403. The third kappa shape index (κ3) is 2.86. The lowest BCUT2D eigenvalue weighted by Gasteiger charge is -2.24. The number of nitrogen functional groups attached to an aromatic ring is 1. The molecule has 1 heterocycles. The monoisotopic (exact) mass is 334 g/mol. The third-order valence-electron chi connectivity index (χ3n) is 5.08. The minimum absolute atomic E-state index is 0.403. The van der Waals surface area contributed by atoms with E-state index in [0.717, 1.165) is 35.0 Å². The van der Waals surface area contributed by atoms with Crippen molar-refractivity contribution in [2.24, 2.45) is 5.16 Å². The second-order valence-corrected chi connectivity index (χ2v) is 6.65. The highest BCUT2D eigenvalue weighted by atomic mass is 16.4. The Hall–Kier alpha value is -2.82. The number of benzene rings is 2. The van der Waals surface area contributed by atoms with E-state index in [-0.39, 0.29) is 0 Å². The molecule has 5 heteroatoms. The average Bonchev–Trinajstić information content (AvgIpc) is 2.99. The summed E-state index contributed by atoms with van der Waals surface area (Å²) in [5.41, 5.74) is 10.4. The number of hydrogen-bond acceptors (Lipinski definition) is 4. The summed E-state index contributed by atoms with van der Waals surface area (Å²) in [6, 6.07) is 16.0. The number of rotatable bonds is 3. The topological polar surface area (TPSA) is 76.4 Å². The molecule has 1 aromatic heterocycles. The molecule has 0 spiro atoms. The molecule has 1 saturated carbocycles. The first-order valence-corrected chi connectivity index (χ1v) is 8.83. The Morgan fingerprint density at radius 3 is 2.52 bits per heavy atom. The lowest BCUT2D eigenvalue weighted by atomic mass is 9.95. The van der Waals surface area contributed by atoms with Crippen molar-refractivity contribution in [1.29, 1.82) is 0 Å². The normalized spacial score (nSPS) is 16.4. The number of nitrogens with zero attached hydrogens (tertiary/aromatic N) is 3. The van der Waals surface area contributed by atoms with E-state index in [9.17, 15) is 5.21 Å². The van der Waals surface area contributed by atoms with Gasteiger partial charge >= 0.3 is 0 Å². The van der Waals surface area contributed by atoms with Gasteiger partial charge in [-0.1, -0.05) is 60.8 Å². The Kier molecular flexibility index (Phi) is 4.14. The van der Waals surface area contributed by atoms with Crippen LogP contribution in [0.25, 0.3) is 11.0 Å². The van der Waals surface area contributed by atoms with Crippen LogP contribution in [-0.2, 0) is 0 Å². The molecule has 0 amide bonds. The fourth-order valence-corrected chi connectivity index (χ4v) is 3.86. The van der Waals surface area contributed by atoms with Crippen LogP contribution in [-0.4, -0.2) is 20.5 Å². The minimum Gasteiger partial charge on any atom is -0.410 e. The molecule has 128 valence electrons. The molecule has 0 radical (unpaired) electrons. The first-order valence-electron chi connectivity index (χ1n) is 8.83. The van der Waals surface area contributed by atoms with Crippen LogP contribution in [0, 0.1) is 0 Å². The Morgan fingerprint density at radius 1 is 1.04 bits per heavy atom. The second kappa shape index (κ2) is 6.59. The first-order chi connectivity index (χ1) is 12.3. The van der Waals surface area contributed by atoms with Gasteiger partial charge in [0.1, 0.15) is 5.71 Å². The van der Waals surface area contributed by atoms with Gasteiger partial charge in [0.25, 0.3) is 0 Å². The summed E-state index contributed by atoms with van der Waals surface area (Å²) in [5.74, 6) is 0.571. The van der Waals surface area contributed by atoms with Gasteiger partial charge in [0.2, 0.25) is 5.95 Å². The molecule has 0 unspecified atom stereocenters. The van der Waals surface area contributed by atoms with Crippen molar-refractivity contribution in [3.63, 3.8) is 0 Å². The molecular weight excluding hydrogens is 312 g/mol. The molecule has 1 aliphatic rings. The van der Waals surface area contributed by atoms with Crippen LogP contribution in [0.5, 0.6) is 0 Å². The fraction of sp³-hybridized carbons (Fsp3) is 0.300. The van der Waals surface area contributed by atoms with Gasteiger partial charge in [-0.3, -0.25) is 0 Å². The molecule has 2 aromatic carbocycles. The van der Waals surface area contributed by atoms with Crippen molar-refractivity contribution < 1.29 is 5.21 Å². The van der Waals surface area contributed by atoms with E-state index in [2.05, 4.69) is 14.7 Å². The van der Waals surface area contributed by atoms with Crippen LogP contribution in [0.4, 0.5) is 5.95 Å². The zero-order valence-electron chi connectivity index (χ0n) is 14.1. The van der Waals surface area contributed by atoms with E-state index in [0.29, 0.717) is 17.7 Å². The van der Waals surface area contributed by atoms with E-state index in [4.69, 9.17) is 5.73 Å². The largest absolute Gasteiger partial charge is 0.410 e. The summed E-state index contributed by atoms with van der Waals surface area (Å²) in [4.78, 5) is 4.53. The quantitative estimate of drug-likeness (QED) is 0.425. The van der Waals surface area contributed by atoms with E-state index in [1.165, 1.54) is 19.3 Å². The smallest absolute Gasteiger partial charge is 0.201 e. The third-order valence-corrected chi connectivity index (χ3v) is 5.08. The molecule has 0 atom stereocenters. The van der Waals surface area contributed by atoms with Crippen LogP contribution in [0.3, 0.4) is 0 Å². The zero-order chi connectivity index (χ0) is 17.2. The fourth-order valence-electron chi connectivity index (χ4n) is 3.86. The zero-order valence-corrected chi connectivity index (χ0v) is 14.1. The van der Waals surface area contributed by atoms with Crippen LogP contribution in [0.2, 0.25) is 0 Å². The van der Waals surface area contributed by atoms with Gasteiger partial charge in [-0.25, -0.2) is 4.98 Å². The molecular formula is C20H22N4O. The maximum atomic E-state index is 9.57. The van der Waals surface area contributed by atoms with Gasteiger partial charge in [0.05, 0.1) is 11.0 Å². The lowest BCUT2D eigenvalue weighted by Crippen LogP contribution is -2.15. The van der Waals surface area contributed by atoms with Crippen molar-refractivity contribution >= 4 is 22.7 Å². The van der Waals surface area contributed by atoms with Crippen LogP contribution in [0.15, 0.2) is 53.7 Å². The first kappa shape index (κ1) is 15.7. The Bertz CT molecular complexity index is 908. The van der Waals surface area contributed by atoms with Gasteiger partial charge < -0.3 is 15.5 Å². The molecule has 0 saturated heterocycles. The average molecular weight is 334 g/mol. The van der Waals surface area contributed by atoms with Gasteiger partial charge in [-0.05, 0) is 25.0 Å². The van der Waals surface area contributed by atoms with E-state index in [1.54, 1.807) is 0 Å². The number of hydrogen-bond donors (Lipinski definition) is 2. The van der Waals surface area contributed by atoms with Crippen molar-refractivity contribution in [3.8, 4) is 0 Å². The van der Waals surface area contributed by atoms with Crippen LogP contribution < -0.4 is 5.73 Å². The molecule has 5 nitrogen and oxygen atoms in total. The van der Waals surface area contributed by atoms with Crippen LogP contribution in [0.1, 0.15) is 49.3 Å². The van der Waals surface area contributed by atoms with E-state index in [1.807, 2.05) is 48.5 Å². The molecule has 3 aromatic rings. The highest BCUT2D eigenvalue weighted by Gasteiger charge is 2.21. The maximum Gasteiger partial charge on any atom is 0.201 e. The summed E-state index contributed by atoms with van der Waals surface area (Å²) in [6.45, 7) is 0. The summed E-state index contributed by atoms with van der Waals surface area (Å²) < 4.78 is 2.16. The number of imidazole rings is 1. The molecule has 0 bridgehead atoms. The van der Waals surface area contributed by atoms with Crippen molar-refractivity contribution in [2.45, 2.75) is 38.1 Å². The number of aromatic nitrogens is 2. The van der Waals surface area contributed by atoms with Crippen molar-refractivity contribution in [1.82, 2.24) is 9.55 Å². The number of oxime groups is 1. The summed E-state index contributed by atoms with van der Waals surface area (Å²) in [7, 11) is 0. The standard InChI is InChI=1S/C20H22N4O/c21-20-22-17-12-11-15(19(23-25)14-7-3-1-4-8-14)13-18(17)24(20)16-9-5-2-6-10-16/h1,3-4,7-8,11-13,16,25H,2,5-6,9-10H2,(H2,21,22). The Labute approximate surface area is 146 Å². The van der Waals surface area contributed by atoms with E-state index < -0.39 is 0 Å². The van der Waals surface area contributed by atoms with Crippen molar-refractivity contribution in [3.05, 3.63) is 59.7 Å². The highest BCUT2D eigenvalue weighted by molar-refractivity contribution is 6.13. The molecule has 1 fully saturated rings. The van der Waals surface area contributed by atoms with Crippen molar-refractivity contribution in [2.75, 3.05) is 5.73 Å². The second-order valence-electron chi connectivity index (χ2n) is 6.65. The molecule has 1 aliphatic carbocycles. The maximum absolute atomic E-state index is 9.57. The number of fused-ring (bicyclic) bond motifs is 1. The molecule has 4 rings (SSSR count). The van der Waals surface area contributed by atoms with Gasteiger partial charge in [-0.15, -0.1) is 0 Å². The summed E-state index contributed by atoms with van der Waals surface area (Å²) >= 11 is 0. The predicted molar refractivity (Wildman–Crippen MR) is 100 cm³/mol. The summed E-state index contributed by atoms with van der Waals surface area (Å²) in [6.07, 6.45) is 6.04. The molecule has 25 heavy (non-hydrogen) atoms. The van der Waals surface area contributed by atoms with Gasteiger partial charge in [-0.2, -0.15) is 0 Å². The number of nitrogens with two attached hydrogens (primary N) is 1. The number of anilines is 1.